The number of primary amides is 1. The fourth-order valence-corrected chi connectivity index (χ4v) is 6.05. The summed E-state index contributed by atoms with van der Waals surface area (Å²) in [4.78, 5) is 51.3. The molecule has 0 aliphatic heterocycles. The average molecular weight is 700 g/mol. The van der Waals surface area contributed by atoms with Crippen LogP contribution in [0.1, 0.15) is 45.6 Å². The van der Waals surface area contributed by atoms with Crippen molar-refractivity contribution in [3.63, 3.8) is 0 Å². The van der Waals surface area contributed by atoms with E-state index < -0.39 is 35.2 Å². The van der Waals surface area contributed by atoms with Crippen LogP contribution in [-0.2, 0) is 33.4 Å². The molecule has 2 aromatic heterocycles. The maximum absolute atomic E-state index is 12.9. The molecule has 264 valence electrons. The molecule has 0 saturated heterocycles. The Morgan fingerprint density at radius 2 is 1.33 bits per heavy atom. The second-order valence-electron chi connectivity index (χ2n) is 12.1. The van der Waals surface area contributed by atoms with Gasteiger partial charge in [-0.3, -0.25) is 19.2 Å². The van der Waals surface area contributed by atoms with Gasteiger partial charge in [-0.25, -0.2) is 9.37 Å². The number of hydrogen-bond donors (Lipinski definition) is 4. The van der Waals surface area contributed by atoms with Crippen molar-refractivity contribution in [2.75, 3.05) is 0 Å². The normalized spacial score (nSPS) is 11.5. The predicted molar refractivity (Wildman–Crippen MR) is 195 cm³/mol. The van der Waals surface area contributed by atoms with Gasteiger partial charge in [0.15, 0.2) is 0 Å². The molecule has 0 radical (unpaired) electrons. The summed E-state index contributed by atoms with van der Waals surface area (Å²) in [5.74, 6) is -3.07. The number of nitrogens with zero attached hydrogens (tertiary/aromatic N) is 2. The van der Waals surface area contributed by atoms with Crippen LogP contribution in [0, 0.1) is 5.82 Å². The molecule has 6 rings (SSSR count). The Balaban J connectivity index is 0.000000202. The van der Waals surface area contributed by atoms with E-state index in [2.05, 4.69) is 15.6 Å². The van der Waals surface area contributed by atoms with Gasteiger partial charge >= 0.3 is 5.97 Å². The molecule has 0 aliphatic rings. The van der Waals surface area contributed by atoms with E-state index in [4.69, 9.17) is 10.8 Å². The van der Waals surface area contributed by atoms with Gasteiger partial charge in [0.05, 0.1) is 12.6 Å². The summed E-state index contributed by atoms with van der Waals surface area (Å²) in [5.41, 5.74) is 9.20. The van der Waals surface area contributed by atoms with E-state index in [0.29, 0.717) is 0 Å². The van der Waals surface area contributed by atoms with Gasteiger partial charge in [-0.05, 0) is 40.5 Å². The van der Waals surface area contributed by atoms with Crippen molar-refractivity contribution in [1.29, 1.82) is 0 Å². The quantitative estimate of drug-likeness (QED) is 0.124. The molecule has 0 bridgehead atoms. The first-order chi connectivity index (χ1) is 25.1. The number of carboxylic acid groups (broad SMARTS) is 1. The number of amides is 3. The summed E-state index contributed by atoms with van der Waals surface area (Å²) >= 11 is 0. The van der Waals surface area contributed by atoms with Crippen LogP contribution in [0.3, 0.4) is 0 Å². The van der Waals surface area contributed by atoms with Crippen LogP contribution in [0.25, 0.3) is 10.9 Å². The molecule has 11 heteroatoms. The maximum atomic E-state index is 12.9. The minimum Gasteiger partial charge on any atom is -0.481 e. The highest BCUT2D eigenvalue weighted by atomic mass is 19.1. The smallest absolute Gasteiger partial charge is 0.303 e. The number of halogens is 1. The van der Waals surface area contributed by atoms with Crippen molar-refractivity contribution >= 4 is 34.6 Å². The number of aryl methyl sites for hydroxylation is 1. The number of fused-ring (bicyclic) bond motifs is 1. The van der Waals surface area contributed by atoms with Crippen LogP contribution >= 0.6 is 0 Å². The number of aromatic nitrogens is 2. The van der Waals surface area contributed by atoms with Crippen LogP contribution in [-0.4, -0.2) is 44.4 Å². The van der Waals surface area contributed by atoms with Gasteiger partial charge in [-0.2, -0.15) is 0 Å². The van der Waals surface area contributed by atoms with Crippen molar-refractivity contribution in [3.05, 3.63) is 174 Å². The molecule has 52 heavy (non-hydrogen) atoms. The van der Waals surface area contributed by atoms with E-state index in [1.165, 1.54) is 6.07 Å². The SMILES string of the molecule is Cn1cc(CC(NC(=O)c2ccc(F)cn2)C(N)=O)c2ccccc21.O=C(O)CCC(=O)NC(c1ccccc1)(c1ccccc1)c1ccccc1. The van der Waals surface area contributed by atoms with Crippen LogP contribution in [0.5, 0.6) is 0 Å². The first-order valence-corrected chi connectivity index (χ1v) is 16.5. The molecular weight excluding hydrogens is 661 g/mol. The Labute approximate surface area is 300 Å². The van der Waals surface area contributed by atoms with E-state index in [-0.39, 0.29) is 30.9 Å². The number of para-hydroxylation sites is 1. The number of hydrogen-bond acceptors (Lipinski definition) is 5. The number of nitrogens with one attached hydrogen (secondary N) is 2. The number of pyridine rings is 1. The fourth-order valence-electron chi connectivity index (χ4n) is 6.05. The van der Waals surface area contributed by atoms with E-state index >= 15 is 0 Å². The number of benzene rings is 4. The van der Waals surface area contributed by atoms with Gasteiger partial charge in [0, 0.05) is 37.0 Å². The van der Waals surface area contributed by atoms with Crippen LogP contribution in [0.4, 0.5) is 4.39 Å². The highest BCUT2D eigenvalue weighted by Gasteiger charge is 2.37. The van der Waals surface area contributed by atoms with E-state index in [1.54, 1.807) is 0 Å². The summed E-state index contributed by atoms with van der Waals surface area (Å²) in [6.07, 6.45) is 2.81. The molecule has 10 nitrogen and oxygen atoms in total. The minimum atomic E-state index is -0.991. The Morgan fingerprint density at radius 1 is 0.788 bits per heavy atom. The van der Waals surface area contributed by atoms with Crippen molar-refractivity contribution in [1.82, 2.24) is 20.2 Å². The summed E-state index contributed by atoms with van der Waals surface area (Å²) in [6.45, 7) is 0. The molecular formula is C41H38FN5O5. The van der Waals surface area contributed by atoms with Crippen LogP contribution < -0.4 is 16.4 Å². The number of carbonyl (C=O) groups is 4. The first kappa shape index (κ1) is 36.7. The zero-order chi connectivity index (χ0) is 37.1. The summed E-state index contributed by atoms with van der Waals surface area (Å²) < 4.78 is 14.9. The molecule has 3 amide bonds. The van der Waals surface area contributed by atoms with Gasteiger partial charge in [-0.1, -0.05) is 109 Å². The number of rotatable bonds is 12. The molecule has 0 aliphatic carbocycles. The molecule has 4 aromatic carbocycles. The lowest BCUT2D eigenvalue weighted by Crippen LogP contribution is -2.47. The zero-order valence-electron chi connectivity index (χ0n) is 28.4. The lowest BCUT2D eigenvalue weighted by molar-refractivity contribution is -0.139. The molecule has 1 atom stereocenters. The number of carbonyl (C=O) groups excluding carboxylic acids is 3. The van der Waals surface area contributed by atoms with Gasteiger partial charge in [0.25, 0.3) is 5.91 Å². The third kappa shape index (κ3) is 8.75. The third-order valence-electron chi connectivity index (χ3n) is 8.53. The Hall–Kier alpha value is -6.62. The lowest BCUT2D eigenvalue weighted by Gasteiger charge is -2.37. The largest absolute Gasteiger partial charge is 0.481 e. The van der Waals surface area contributed by atoms with E-state index in [0.717, 1.165) is 45.4 Å². The van der Waals surface area contributed by atoms with Crippen molar-refractivity contribution in [2.45, 2.75) is 30.8 Å². The van der Waals surface area contributed by atoms with Gasteiger partial charge in [0.1, 0.15) is 23.1 Å². The lowest BCUT2D eigenvalue weighted by atomic mass is 9.77. The van der Waals surface area contributed by atoms with E-state index in [1.807, 2.05) is 133 Å². The number of aliphatic carboxylic acids is 1. The molecule has 0 fully saturated rings. The molecule has 2 heterocycles. The predicted octanol–water partition coefficient (Wildman–Crippen LogP) is 5.50. The van der Waals surface area contributed by atoms with Crippen molar-refractivity contribution in [3.8, 4) is 0 Å². The summed E-state index contributed by atoms with van der Waals surface area (Å²) in [5, 5.41) is 15.6. The Kier molecular flexibility index (Phi) is 11.9. The Bertz CT molecular complexity index is 2040. The maximum Gasteiger partial charge on any atom is 0.303 e. The molecule has 0 saturated carbocycles. The third-order valence-corrected chi connectivity index (χ3v) is 8.53. The molecule has 1 unspecified atom stereocenters. The van der Waals surface area contributed by atoms with Gasteiger partial charge < -0.3 is 26.0 Å². The van der Waals surface area contributed by atoms with Crippen molar-refractivity contribution < 1.29 is 28.7 Å². The van der Waals surface area contributed by atoms with Crippen LogP contribution in [0.15, 0.2) is 140 Å². The zero-order valence-corrected chi connectivity index (χ0v) is 28.4. The van der Waals surface area contributed by atoms with Crippen molar-refractivity contribution in [2.24, 2.45) is 12.8 Å². The second-order valence-corrected chi connectivity index (χ2v) is 12.1. The molecule has 6 aromatic rings. The van der Waals surface area contributed by atoms with Gasteiger partial charge in [-0.15, -0.1) is 0 Å². The second kappa shape index (κ2) is 16.9. The monoisotopic (exact) mass is 699 g/mol. The number of nitrogens with two attached hydrogens (primary N) is 1. The highest BCUT2D eigenvalue weighted by Crippen LogP contribution is 2.37. The van der Waals surface area contributed by atoms with Gasteiger partial charge in [0.2, 0.25) is 11.8 Å². The average Bonchev–Trinajstić information content (AvgIpc) is 3.48. The summed E-state index contributed by atoms with van der Waals surface area (Å²) in [7, 11) is 1.91. The Morgan fingerprint density at radius 3 is 1.83 bits per heavy atom. The minimum absolute atomic E-state index is 0.0190. The summed E-state index contributed by atoms with van der Waals surface area (Å²) in [6, 6.07) is 38.4. The first-order valence-electron chi connectivity index (χ1n) is 16.5. The fraction of sp³-hybridized carbons (Fsp3) is 0.146. The standard InChI is InChI=1S/C23H21NO3.C18H17FN4O2/c25-21(16-17-22(26)27)24-23(18-10-4-1-5-11-18,19-12-6-2-7-13-19)20-14-8-3-9-15-20;1-23-10-11(13-4-2-3-5-16(13)23)8-15(17(20)24)22-18(25)14-7-6-12(19)9-21-14/h1-15H,16-17H2,(H,24,25)(H,26,27);2-7,9-10,15H,8H2,1H3,(H2,20,24)(H,22,25). The van der Waals surface area contributed by atoms with E-state index in [9.17, 15) is 23.6 Å². The topological polar surface area (TPSA) is 156 Å². The molecule has 0 spiro atoms. The molecule has 5 N–H and O–H groups in total. The highest BCUT2D eigenvalue weighted by molar-refractivity contribution is 5.96. The number of carboxylic acids is 1. The van der Waals surface area contributed by atoms with Crippen LogP contribution in [0.2, 0.25) is 0 Å².